The summed E-state index contributed by atoms with van der Waals surface area (Å²) >= 11 is 1.62. The van der Waals surface area contributed by atoms with Crippen molar-refractivity contribution in [2.75, 3.05) is 34.4 Å². The predicted molar refractivity (Wildman–Crippen MR) is 152 cm³/mol. The Labute approximate surface area is 226 Å². The van der Waals surface area contributed by atoms with Crippen LogP contribution in [0.25, 0.3) is 11.8 Å². The first kappa shape index (κ1) is 24.5. The molecule has 0 saturated carbocycles. The van der Waals surface area contributed by atoms with Gasteiger partial charge in [0.2, 0.25) is 0 Å². The van der Waals surface area contributed by atoms with E-state index in [9.17, 15) is 4.39 Å². The first-order valence-corrected chi connectivity index (χ1v) is 13.5. The van der Waals surface area contributed by atoms with Gasteiger partial charge < -0.3 is 19.3 Å². The van der Waals surface area contributed by atoms with E-state index in [0.29, 0.717) is 0 Å². The third-order valence-corrected chi connectivity index (χ3v) is 8.00. The molecule has 3 heterocycles. The Balaban J connectivity index is 1.48. The fourth-order valence-electron chi connectivity index (χ4n) is 5.35. The molecule has 3 aromatic rings. The number of aliphatic imine (C=N–C) groups is 1. The van der Waals surface area contributed by atoms with E-state index in [2.05, 4.69) is 47.7 Å². The maximum absolute atomic E-state index is 13.8. The minimum Gasteiger partial charge on any atom is -0.497 e. The molecule has 0 radical (unpaired) electrons. The maximum atomic E-state index is 13.8. The quantitative estimate of drug-likeness (QED) is 0.498. The Morgan fingerprint density at radius 3 is 2.24 bits per heavy atom. The van der Waals surface area contributed by atoms with Gasteiger partial charge >= 0.3 is 0 Å². The van der Waals surface area contributed by atoms with Crippen molar-refractivity contribution < 1.29 is 18.8 Å². The highest BCUT2D eigenvalue weighted by molar-refractivity contribution is 8.16. The van der Waals surface area contributed by atoms with Crippen molar-refractivity contribution in [3.05, 3.63) is 118 Å². The van der Waals surface area contributed by atoms with Gasteiger partial charge in [-0.3, -0.25) is 0 Å². The van der Waals surface area contributed by atoms with Crippen molar-refractivity contribution in [3.63, 3.8) is 0 Å². The number of rotatable bonds is 5. The summed E-state index contributed by atoms with van der Waals surface area (Å²) in [5.41, 5.74) is 7.85. The number of fused-ring (bicyclic) bond motifs is 1. The minimum atomic E-state index is -0.241. The number of ether oxygens (including phenoxy) is 2. The number of nitrogens with one attached hydrogen (secondary N) is 1. The molecule has 5 nitrogen and oxygen atoms in total. The highest BCUT2D eigenvalue weighted by Crippen LogP contribution is 2.48. The van der Waals surface area contributed by atoms with E-state index in [4.69, 9.17) is 14.5 Å². The number of hydrogen-bond acceptors (Lipinski definition) is 5. The third kappa shape index (κ3) is 4.52. The molecule has 3 aliphatic rings. The highest BCUT2D eigenvalue weighted by atomic mass is 32.2. The van der Waals surface area contributed by atoms with Crippen molar-refractivity contribution in [3.8, 4) is 11.5 Å². The molecule has 2 atom stereocenters. The van der Waals surface area contributed by atoms with Crippen LogP contribution in [0.4, 0.5) is 4.39 Å². The molecule has 0 saturated heterocycles. The largest absolute Gasteiger partial charge is 0.497 e. The summed E-state index contributed by atoms with van der Waals surface area (Å²) in [5.74, 6) is 1.42. The van der Waals surface area contributed by atoms with Gasteiger partial charge in [0.1, 0.15) is 30.4 Å². The average Bonchev–Trinajstić information content (AvgIpc) is 3.36. The van der Waals surface area contributed by atoms with Gasteiger partial charge in [-0.1, -0.05) is 36.0 Å². The molecule has 6 rings (SSSR count). The van der Waals surface area contributed by atoms with Crippen LogP contribution in [0.5, 0.6) is 11.5 Å². The lowest BCUT2D eigenvalue weighted by atomic mass is 9.88. The standard InChI is InChI=1S/C31H28FN3O2S/c1-34-17-23(16-20-4-12-25(36-2)13-5-20)29-27(18-34)30(22-8-14-26(37-3)15-9-22)35-28(19-38-31(35)33-29)21-6-10-24(32)11-7-21/h4-16,19,30H,17-18H2,1-3H3/p+1/b23-16+/t30-/m1/s1. The van der Waals surface area contributed by atoms with E-state index in [1.807, 2.05) is 36.4 Å². The first-order valence-electron chi connectivity index (χ1n) is 12.6. The summed E-state index contributed by atoms with van der Waals surface area (Å²) in [5, 5.41) is 3.06. The van der Waals surface area contributed by atoms with Gasteiger partial charge in [-0.15, -0.1) is 0 Å². The molecule has 192 valence electrons. The van der Waals surface area contributed by atoms with Crippen LogP contribution in [0.3, 0.4) is 0 Å². The van der Waals surface area contributed by atoms with Gasteiger partial charge in [0.25, 0.3) is 0 Å². The molecule has 0 amide bonds. The number of thioether (sulfide) groups is 1. The second-order valence-electron chi connectivity index (χ2n) is 9.70. The van der Waals surface area contributed by atoms with Crippen LogP contribution in [0, 0.1) is 5.82 Å². The molecule has 0 bridgehead atoms. The molecule has 3 aromatic carbocycles. The zero-order chi connectivity index (χ0) is 26.2. The Bertz CT molecular complexity index is 1480. The van der Waals surface area contributed by atoms with E-state index < -0.39 is 0 Å². The fraction of sp³-hybridized carbons (Fsp3) is 0.194. The summed E-state index contributed by atoms with van der Waals surface area (Å²) in [6.45, 7) is 1.76. The second kappa shape index (κ2) is 10.2. The Morgan fingerprint density at radius 2 is 1.58 bits per heavy atom. The molecule has 0 fully saturated rings. The van der Waals surface area contributed by atoms with Crippen molar-refractivity contribution in [1.82, 2.24) is 4.90 Å². The second-order valence-corrected chi connectivity index (χ2v) is 10.5. The maximum Gasteiger partial charge on any atom is 0.174 e. The monoisotopic (exact) mass is 526 g/mol. The molecule has 7 heteroatoms. The van der Waals surface area contributed by atoms with Crippen LogP contribution in [0.1, 0.15) is 22.7 Å². The van der Waals surface area contributed by atoms with E-state index in [1.54, 1.807) is 26.0 Å². The predicted octanol–water partition coefficient (Wildman–Crippen LogP) is 5.17. The van der Waals surface area contributed by atoms with Crippen molar-refractivity contribution in [2.24, 2.45) is 4.99 Å². The van der Waals surface area contributed by atoms with E-state index in [0.717, 1.165) is 52.3 Å². The third-order valence-electron chi connectivity index (χ3n) is 7.16. The smallest absolute Gasteiger partial charge is 0.174 e. The van der Waals surface area contributed by atoms with Gasteiger partial charge in [-0.05, 0) is 71.3 Å². The summed E-state index contributed by atoms with van der Waals surface area (Å²) in [7, 11) is 5.59. The molecule has 1 unspecified atom stereocenters. The molecule has 0 spiro atoms. The molecule has 0 aliphatic carbocycles. The van der Waals surface area contributed by atoms with Crippen LogP contribution in [-0.4, -0.2) is 44.4 Å². The Kier molecular flexibility index (Phi) is 6.55. The normalized spacial score (nSPS) is 21.6. The van der Waals surface area contributed by atoms with Gasteiger partial charge in [0.05, 0.1) is 38.7 Å². The molecule has 0 aromatic heterocycles. The highest BCUT2D eigenvalue weighted by Gasteiger charge is 2.42. The molecule has 38 heavy (non-hydrogen) atoms. The molecular weight excluding hydrogens is 497 g/mol. The average molecular weight is 527 g/mol. The van der Waals surface area contributed by atoms with Gasteiger partial charge in [0.15, 0.2) is 5.17 Å². The zero-order valence-electron chi connectivity index (χ0n) is 21.6. The van der Waals surface area contributed by atoms with Crippen LogP contribution < -0.4 is 14.4 Å². The summed E-state index contributed by atoms with van der Waals surface area (Å²) < 4.78 is 24.5. The van der Waals surface area contributed by atoms with Crippen molar-refractivity contribution in [1.29, 1.82) is 0 Å². The van der Waals surface area contributed by atoms with Crippen molar-refractivity contribution in [2.45, 2.75) is 6.04 Å². The van der Waals surface area contributed by atoms with E-state index in [1.165, 1.54) is 33.7 Å². The van der Waals surface area contributed by atoms with Crippen LogP contribution in [-0.2, 0) is 0 Å². The van der Waals surface area contributed by atoms with Crippen LogP contribution in [0.15, 0.2) is 100 Å². The lowest BCUT2D eigenvalue weighted by molar-refractivity contribution is -0.871. The molecule has 1 N–H and O–H groups in total. The van der Waals surface area contributed by atoms with E-state index >= 15 is 0 Å². The Morgan fingerprint density at radius 1 is 0.921 bits per heavy atom. The van der Waals surface area contributed by atoms with Gasteiger partial charge in [0, 0.05) is 16.6 Å². The zero-order valence-corrected chi connectivity index (χ0v) is 22.4. The summed E-state index contributed by atoms with van der Waals surface area (Å²) in [6, 6.07) is 23.1. The molecular formula is C31H29FN3O2S+. The van der Waals surface area contributed by atoms with Crippen LogP contribution in [0.2, 0.25) is 0 Å². The Hall–Kier alpha value is -3.81. The van der Waals surface area contributed by atoms with Crippen LogP contribution >= 0.6 is 11.8 Å². The lowest BCUT2D eigenvalue weighted by Gasteiger charge is -2.40. The summed E-state index contributed by atoms with van der Waals surface area (Å²) in [4.78, 5) is 8.95. The minimum absolute atomic E-state index is 0.0378. The van der Waals surface area contributed by atoms with E-state index in [-0.39, 0.29) is 11.9 Å². The fourth-order valence-corrected chi connectivity index (χ4v) is 6.28. The van der Waals surface area contributed by atoms with Gasteiger partial charge in [-0.25, -0.2) is 9.38 Å². The van der Waals surface area contributed by atoms with Crippen molar-refractivity contribution >= 4 is 28.7 Å². The number of likely N-dealkylation sites (N-methyl/N-ethyl adjacent to an activating group) is 1. The number of quaternary nitrogens is 1. The number of benzene rings is 3. The number of hydrogen-bond donors (Lipinski definition) is 1. The number of amidine groups is 1. The number of methoxy groups -OCH3 is 2. The number of nitrogens with zero attached hydrogens (tertiary/aromatic N) is 2. The topological polar surface area (TPSA) is 38.5 Å². The lowest BCUT2D eigenvalue weighted by Crippen LogP contribution is -3.10. The summed E-state index contributed by atoms with van der Waals surface area (Å²) in [6.07, 6.45) is 2.25. The number of halogens is 1. The van der Waals surface area contributed by atoms with Gasteiger partial charge in [-0.2, -0.15) is 0 Å². The SMILES string of the molecule is COc1ccc(/C=C2\C[NH+](C)CC3=C2N=C2SC=C(c4ccc(F)cc4)N2[C@@H]3c2ccc(OC)cc2)cc1. The molecule has 3 aliphatic heterocycles. The first-order chi connectivity index (χ1) is 18.5.